The third-order valence-electron chi connectivity index (χ3n) is 5.12. The molecule has 0 spiro atoms. The fourth-order valence-corrected chi connectivity index (χ4v) is 3.62. The third kappa shape index (κ3) is 4.74. The summed E-state index contributed by atoms with van der Waals surface area (Å²) in [5.41, 5.74) is -0.499. The van der Waals surface area contributed by atoms with Gasteiger partial charge in [-0.3, -0.25) is 9.69 Å². The molecule has 2 aromatic carbocycles. The van der Waals surface area contributed by atoms with E-state index in [0.29, 0.717) is 42.9 Å². The summed E-state index contributed by atoms with van der Waals surface area (Å²) < 4.78 is 53.0. The molecule has 1 aliphatic rings. The van der Waals surface area contributed by atoms with E-state index in [1.54, 1.807) is 6.07 Å². The molecule has 0 aliphatic carbocycles. The molecule has 1 aromatic heterocycles. The number of nitrogens with one attached hydrogen (secondary N) is 1. The first-order valence-electron chi connectivity index (χ1n) is 9.65. The van der Waals surface area contributed by atoms with Crippen molar-refractivity contribution in [2.24, 2.45) is 0 Å². The van der Waals surface area contributed by atoms with Crippen LogP contribution < -0.4 is 10.2 Å². The van der Waals surface area contributed by atoms with Gasteiger partial charge in [0, 0.05) is 31.6 Å². The Bertz CT molecular complexity index is 1100. The van der Waals surface area contributed by atoms with Crippen LogP contribution in [0.25, 0.3) is 10.9 Å². The Morgan fingerprint density at radius 3 is 2.52 bits per heavy atom. The molecule has 0 atom stereocenters. The highest BCUT2D eigenvalue weighted by atomic mass is 19.4. The van der Waals surface area contributed by atoms with Crippen LogP contribution in [0.2, 0.25) is 0 Å². The summed E-state index contributed by atoms with van der Waals surface area (Å²) in [6, 6.07) is 9.21. The van der Waals surface area contributed by atoms with Crippen LogP contribution in [0.3, 0.4) is 0 Å². The first kappa shape index (κ1) is 21.0. The molecule has 6 nitrogen and oxygen atoms in total. The van der Waals surface area contributed by atoms with Crippen LogP contribution in [-0.2, 0) is 11.0 Å². The number of carbonyl (C=O) groups excluding carboxylic acids is 1. The van der Waals surface area contributed by atoms with Crippen LogP contribution in [0.4, 0.5) is 29.1 Å². The van der Waals surface area contributed by atoms with Gasteiger partial charge in [0.1, 0.15) is 18.0 Å². The number of piperazine rings is 1. The Kier molecular flexibility index (Phi) is 5.73. The highest BCUT2D eigenvalue weighted by Gasteiger charge is 2.33. The van der Waals surface area contributed by atoms with Gasteiger partial charge in [0.15, 0.2) is 0 Å². The largest absolute Gasteiger partial charge is 0.418 e. The summed E-state index contributed by atoms with van der Waals surface area (Å²) in [5.74, 6) is -0.273. The third-order valence-corrected chi connectivity index (χ3v) is 5.12. The predicted molar refractivity (Wildman–Crippen MR) is 108 cm³/mol. The Labute approximate surface area is 175 Å². The van der Waals surface area contributed by atoms with Gasteiger partial charge in [-0.25, -0.2) is 14.4 Å². The van der Waals surface area contributed by atoms with E-state index in [2.05, 4.69) is 15.3 Å². The standard InChI is InChI=1S/C21H19F4N5O/c22-14-5-6-17-15(11-14)20(27-13-26-17)30-9-7-29(8-10-30)12-19(31)28-18-4-2-1-3-16(18)21(23,24)25/h1-6,11,13H,7-10,12H2,(H,28,31). The van der Waals surface area contributed by atoms with E-state index in [4.69, 9.17) is 0 Å². The monoisotopic (exact) mass is 433 g/mol. The molecule has 2 heterocycles. The molecule has 0 saturated carbocycles. The van der Waals surface area contributed by atoms with E-state index in [9.17, 15) is 22.4 Å². The number of carbonyl (C=O) groups is 1. The molecule has 162 valence electrons. The molecular weight excluding hydrogens is 414 g/mol. The molecule has 1 amide bonds. The van der Waals surface area contributed by atoms with Crippen molar-refractivity contribution in [2.45, 2.75) is 6.18 Å². The maximum absolute atomic E-state index is 13.7. The van der Waals surface area contributed by atoms with Gasteiger partial charge in [-0.2, -0.15) is 13.2 Å². The lowest BCUT2D eigenvalue weighted by molar-refractivity contribution is -0.137. The van der Waals surface area contributed by atoms with Crippen LogP contribution in [0, 0.1) is 5.82 Å². The average molecular weight is 433 g/mol. The zero-order valence-corrected chi connectivity index (χ0v) is 16.4. The maximum Gasteiger partial charge on any atom is 0.418 e. The van der Waals surface area contributed by atoms with Gasteiger partial charge in [0.25, 0.3) is 0 Å². The molecule has 0 unspecified atom stereocenters. The van der Waals surface area contributed by atoms with Gasteiger partial charge in [-0.05, 0) is 30.3 Å². The Morgan fingerprint density at radius 2 is 1.77 bits per heavy atom. The Balaban J connectivity index is 1.38. The maximum atomic E-state index is 13.7. The van der Waals surface area contributed by atoms with Gasteiger partial charge in [-0.1, -0.05) is 12.1 Å². The van der Waals surface area contributed by atoms with Crippen LogP contribution in [-0.4, -0.2) is 53.5 Å². The van der Waals surface area contributed by atoms with Crippen molar-refractivity contribution >= 4 is 28.3 Å². The van der Waals surface area contributed by atoms with Gasteiger partial charge in [0.2, 0.25) is 5.91 Å². The van der Waals surface area contributed by atoms with E-state index in [0.717, 1.165) is 6.07 Å². The Hall–Kier alpha value is -3.27. The normalized spacial score (nSPS) is 15.3. The lowest BCUT2D eigenvalue weighted by atomic mass is 10.1. The van der Waals surface area contributed by atoms with E-state index in [-0.39, 0.29) is 18.0 Å². The number of anilines is 2. The topological polar surface area (TPSA) is 61.4 Å². The zero-order chi connectivity index (χ0) is 22.0. The second-order valence-corrected chi connectivity index (χ2v) is 7.21. The molecule has 1 fully saturated rings. The smallest absolute Gasteiger partial charge is 0.353 e. The van der Waals surface area contributed by atoms with Crippen LogP contribution >= 0.6 is 0 Å². The van der Waals surface area contributed by atoms with E-state index < -0.39 is 17.6 Å². The number of nitrogens with zero attached hydrogens (tertiary/aromatic N) is 4. The summed E-state index contributed by atoms with van der Waals surface area (Å²) in [4.78, 5) is 24.6. The SMILES string of the molecule is O=C(CN1CCN(c2ncnc3ccc(F)cc23)CC1)Nc1ccccc1C(F)(F)F. The van der Waals surface area contributed by atoms with Crippen LogP contribution in [0.5, 0.6) is 0 Å². The number of para-hydroxylation sites is 1. The minimum absolute atomic E-state index is 0.0286. The number of benzene rings is 2. The van der Waals surface area contributed by atoms with E-state index >= 15 is 0 Å². The van der Waals surface area contributed by atoms with Gasteiger partial charge >= 0.3 is 6.18 Å². The predicted octanol–water partition coefficient (Wildman–Crippen LogP) is 3.55. The molecule has 1 saturated heterocycles. The van der Waals surface area contributed by atoms with E-state index in [1.165, 1.54) is 36.7 Å². The Morgan fingerprint density at radius 1 is 1.03 bits per heavy atom. The van der Waals surface area contributed by atoms with Crippen molar-refractivity contribution in [3.8, 4) is 0 Å². The zero-order valence-electron chi connectivity index (χ0n) is 16.4. The number of alkyl halides is 3. The summed E-state index contributed by atoms with van der Waals surface area (Å²) in [6.45, 7) is 2.06. The van der Waals surface area contributed by atoms with Crippen molar-refractivity contribution in [3.05, 3.63) is 60.2 Å². The van der Waals surface area contributed by atoms with Gasteiger partial charge in [0.05, 0.1) is 23.3 Å². The quantitative estimate of drug-likeness (QED) is 0.638. The molecule has 10 heteroatoms. The van der Waals surface area contributed by atoms with Crippen molar-refractivity contribution in [3.63, 3.8) is 0 Å². The number of fused-ring (bicyclic) bond motifs is 1. The molecule has 31 heavy (non-hydrogen) atoms. The second-order valence-electron chi connectivity index (χ2n) is 7.21. The molecular formula is C21H19F4N5O. The minimum atomic E-state index is -4.55. The first-order valence-corrected chi connectivity index (χ1v) is 9.65. The van der Waals surface area contributed by atoms with E-state index in [1.807, 2.05) is 9.80 Å². The van der Waals surface area contributed by atoms with Crippen molar-refractivity contribution in [2.75, 3.05) is 42.9 Å². The number of halogens is 4. The fraction of sp³-hybridized carbons (Fsp3) is 0.286. The van der Waals surface area contributed by atoms with Crippen molar-refractivity contribution < 1.29 is 22.4 Å². The van der Waals surface area contributed by atoms with Gasteiger partial charge < -0.3 is 10.2 Å². The summed E-state index contributed by atoms with van der Waals surface area (Å²) in [6.07, 6.45) is -3.12. The van der Waals surface area contributed by atoms with Crippen LogP contribution in [0.1, 0.15) is 5.56 Å². The lowest BCUT2D eigenvalue weighted by Gasteiger charge is -2.35. The number of amides is 1. The molecule has 1 aliphatic heterocycles. The number of aromatic nitrogens is 2. The average Bonchev–Trinajstić information content (AvgIpc) is 2.73. The lowest BCUT2D eigenvalue weighted by Crippen LogP contribution is -2.49. The highest BCUT2D eigenvalue weighted by molar-refractivity contribution is 5.93. The van der Waals surface area contributed by atoms with Crippen molar-refractivity contribution in [1.82, 2.24) is 14.9 Å². The van der Waals surface area contributed by atoms with Gasteiger partial charge in [-0.15, -0.1) is 0 Å². The minimum Gasteiger partial charge on any atom is -0.353 e. The first-order chi connectivity index (χ1) is 14.8. The summed E-state index contributed by atoms with van der Waals surface area (Å²) in [5, 5.41) is 2.97. The van der Waals surface area contributed by atoms with Crippen LogP contribution in [0.15, 0.2) is 48.8 Å². The molecule has 0 radical (unpaired) electrons. The fourth-order valence-electron chi connectivity index (χ4n) is 3.62. The highest BCUT2D eigenvalue weighted by Crippen LogP contribution is 2.34. The molecule has 4 rings (SSSR count). The number of hydrogen-bond donors (Lipinski definition) is 1. The summed E-state index contributed by atoms with van der Waals surface area (Å²) in [7, 11) is 0. The number of rotatable bonds is 4. The molecule has 3 aromatic rings. The number of hydrogen-bond acceptors (Lipinski definition) is 5. The molecule has 0 bridgehead atoms. The second kappa shape index (κ2) is 8.46. The van der Waals surface area contributed by atoms with Crippen molar-refractivity contribution in [1.29, 1.82) is 0 Å². The summed E-state index contributed by atoms with van der Waals surface area (Å²) >= 11 is 0. The molecule has 1 N–H and O–H groups in total.